The lowest BCUT2D eigenvalue weighted by atomic mass is 10.1. The van der Waals surface area contributed by atoms with Crippen LogP contribution in [0.1, 0.15) is 34.5 Å². The number of hydrogen-bond donors (Lipinski definition) is 1. The summed E-state index contributed by atoms with van der Waals surface area (Å²) in [7, 11) is 0.0503. The van der Waals surface area contributed by atoms with Crippen LogP contribution in [-0.4, -0.2) is 65.1 Å². The fourth-order valence-corrected chi connectivity index (χ4v) is 5.38. The summed E-state index contributed by atoms with van der Waals surface area (Å²) in [6, 6.07) is 4.51. The molecule has 0 saturated carbocycles. The van der Waals surface area contributed by atoms with Crippen molar-refractivity contribution in [3.05, 3.63) is 47.4 Å². The van der Waals surface area contributed by atoms with Gasteiger partial charge in [0.1, 0.15) is 4.90 Å². The van der Waals surface area contributed by atoms with Crippen molar-refractivity contribution < 1.29 is 36.6 Å². The fourth-order valence-electron chi connectivity index (χ4n) is 3.71. The Morgan fingerprint density at radius 1 is 1.15 bits per heavy atom. The Balaban J connectivity index is 1.80. The van der Waals surface area contributed by atoms with Crippen LogP contribution in [0.4, 0.5) is 0 Å². The van der Waals surface area contributed by atoms with E-state index in [1.165, 1.54) is 50.1 Å². The average Bonchev–Trinajstić information content (AvgIpc) is 3.28. The Labute approximate surface area is 198 Å². The van der Waals surface area contributed by atoms with Gasteiger partial charge in [-0.15, -0.1) is 0 Å². The molecule has 1 aliphatic rings. The third kappa shape index (κ3) is 5.42. The molecule has 0 spiro atoms. The smallest absolute Gasteiger partial charge is 0.330 e. The lowest BCUT2D eigenvalue weighted by Crippen LogP contribution is -2.46. The second kappa shape index (κ2) is 10.7. The second-order valence-electron chi connectivity index (χ2n) is 7.70. The highest BCUT2D eigenvalue weighted by molar-refractivity contribution is 7.89. The van der Waals surface area contributed by atoms with Crippen LogP contribution in [0.15, 0.2) is 39.9 Å². The Morgan fingerprint density at radius 3 is 2.41 bits per heavy atom. The molecule has 10 nitrogen and oxygen atoms in total. The summed E-state index contributed by atoms with van der Waals surface area (Å²) >= 11 is 0. The lowest BCUT2D eigenvalue weighted by Gasteiger charge is -2.32. The van der Waals surface area contributed by atoms with E-state index in [-0.39, 0.29) is 47.2 Å². The number of hydrogen-bond acceptors (Lipinski definition) is 8. The van der Waals surface area contributed by atoms with E-state index in [4.69, 9.17) is 13.9 Å². The van der Waals surface area contributed by atoms with Crippen LogP contribution in [0.25, 0.3) is 6.08 Å². The Morgan fingerprint density at radius 2 is 1.85 bits per heavy atom. The molecule has 2 aromatic rings. The monoisotopic (exact) mass is 492 g/mol. The average molecular weight is 493 g/mol. The zero-order chi connectivity index (χ0) is 24.9. The zero-order valence-electron chi connectivity index (χ0n) is 19.5. The van der Waals surface area contributed by atoms with Crippen LogP contribution in [0.3, 0.4) is 0 Å². The number of esters is 1. The van der Waals surface area contributed by atoms with Crippen LogP contribution in [0.2, 0.25) is 0 Å². The number of carbonyl (C=O) groups is 2. The molecule has 1 amide bonds. The molecule has 0 aliphatic carbocycles. The summed E-state index contributed by atoms with van der Waals surface area (Å²) in [5.41, 5.74) is 1.16. The standard InChI is InChI=1S/C23H28N2O8S/c1-15-9-12-33-21(15)23(27)24-17-7-10-25(11-8-17)34(28,29)19-14-16(5-6-20(26)31-3)13-18(30-2)22(19)32-4/h5-6,9,12-14,17H,7-8,10-11H2,1-4H3,(H,24,27)/b6-5+. The van der Waals surface area contributed by atoms with Crippen molar-refractivity contribution in [2.24, 2.45) is 0 Å². The van der Waals surface area contributed by atoms with Gasteiger partial charge in [0.15, 0.2) is 17.3 Å². The van der Waals surface area contributed by atoms with Crippen LogP contribution in [-0.2, 0) is 19.6 Å². The summed E-state index contributed by atoms with van der Waals surface area (Å²) in [4.78, 5) is 23.8. The number of rotatable bonds is 8. The number of nitrogens with one attached hydrogen (secondary N) is 1. The number of piperidine rings is 1. The van der Waals surface area contributed by atoms with Crippen molar-refractivity contribution in [3.8, 4) is 11.5 Å². The molecule has 2 heterocycles. The Kier molecular flexibility index (Phi) is 8.00. The Bertz CT molecular complexity index is 1180. The maximum atomic E-state index is 13.5. The highest BCUT2D eigenvalue weighted by Gasteiger charge is 2.34. The van der Waals surface area contributed by atoms with E-state index >= 15 is 0 Å². The molecule has 1 fully saturated rings. The predicted octanol–water partition coefficient (Wildman–Crippen LogP) is 2.37. The molecule has 0 atom stereocenters. The van der Waals surface area contributed by atoms with Gasteiger partial charge >= 0.3 is 5.97 Å². The van der Waals surface area contributed by atoms with Crippen molar-refractivity contribution >= 4 is 28.0 Å². The van der Waals surface area contributed by atoms with Crippen LogP contribution >= 0.6 is 0 Å². The number of amides is 1. The molecular weight excluding hydrogens is 464 g/mol. The number of benzene rings is 1. The maximum absolute atomic E-state index is 13.5. The number of furan rings is 1. The van der Waals surface area contributed by atoms with E-state index in [9.17, 15) is 18.0 Å². The molecule has 0 radical (unpaired) electrons. The number of carbonyl (C=O) groups excluding carboxylic acids is 2. The molecular formula is C23H28N2O8S. The van der Waals surface area contributed by atoms with Crippen LogP contribution in [0.5, 0.6) is 11.5 Å². The van der Waals surface area contributed by atoms with E-state index < -0.39 is 16.0 Å². The molecule has 0 unspecified atom stereocenters. The van der Waals surface area contributed by atoms with Gasteiger partial charge in [-0.2, -0.15) is 4.31 Å². The largest absolute Gasteiger partial charge is 0.493 e. The van der Waals surface area contributed by atoms with Crippen molar-refractivity contribution in [1.29, 1.82) is 0 Å². The highest BCUT2D eigenvalue weighted by Crippen LogP contribution is 2.38. The molecule has 11 heteroatoms. The zero-order valence-corrected chi connectivity index (χ0v) is 20.3. The van der Waals surface area contributed by atoms with Gasteiger partial charge in [-0.25, -0.2) is 13.2 Å². The van der Waals surface area contributed by atoms with Crippen LogP contribution < -0.4 is 14.8 Å². The number of aryl methyl sites for hydroxylation is 1. The molecule has 1 aliphatic heterocycles. The molecule has 184 valence electrons. The first-order chi connectivity index (χ1) is 16.2. The van der Waals surface area contributed by atoms with E-state index in [0.29, 0.717) is 18.4 Å². The van der Waals surface area contributed by atoms with E-state index in [0.717, 1.165) is 5.56 Å². The molecule has 1 N–H and O–H groups in total. The minimum absolute atomic E-state index is 0.0708. The van der Waals surface area contributed by atoms with E-state index in [1.807, 2.05) is 0 Å². The molecule has 3 rings (SSSR count). The van der Waals surface area contributed by atoms with Gasteiger partial charge in [0, 0.05) is 30.8 Å². The summed E-state index contributed by atoms with van der Waals surface area (Å²) in [5.74, 6) is -0.359. The van der Waals surface area contributed by atoms with Gasteiger partial charge in [0.25, 0.3) is 5.91 Å². The van der Waals surface area contributed by atoms with Gasteiger partial charge in [0.05, 0.1) is 27.6 Å². The minimum atomic E-state index is -3.96. The van der Waals surface area contributed by atoms with Gasteiger partial charge < -0.3 is 23.9 Å². The second-order valence-corrected chi connectivity index (χ2v) is 9.60. The molecule has 1 saturated heterocycles. The highest BCUT2D eigenvalue weighted by atomic mass is 32.2. The number of nitrogens with zero attached hydrogens (tertiary/aromatic N) is 1. The normalized spacial score (nSPS) is 15.3. The quantitative estimate of drug-likeness (QED) is 0.440. The van der Waals surface area contributed by atoms with Crippen molar-refractivity contribution in [2.45, 2.75) is 30.7 Å². The molecule has 1 aromatic carbocycles. The molecule has 34 heavy (non-hydrogen) atoms. The molecule has 0 bridgehead atoms. The van der Waals surface area contributed by atoms with E-state index in [1.54, 1.807) is 19.1 Å². The molecule has 1 aromatic heterocycles. The number of ether oxygens (including phenoxy) is 3. The van der Waals surface area contributed by atoms with Gasteiger partial charge in [-0.1, -0.05) is 0 Å². The minimum Gasteiger partial charge on any atom is -0.493 e. The predicted molar refractivity (Wildman–Crippen MR) is 123 cm³/mol. The SMILES string of the molecule is COC(=O)/C=C/c1cc(OC)c(OC)c(S(=O)(=O)N2CCC(NC(=O)c3occc3C)CC2)c1. The van der Waals surface area contributed by atoms with Gasteiger partial charge in [-0.3, -0.25) is 4.79 Å². The van der Waals surface area contributed by atoms with Gasteiger partial charge in [0.2, 0.25) is 10.0 Å². The van der Waals surface area contributed by atoms with Crippen LogP contribution in [0, 0.1) is 6.92 Å². The van der Waals surface area contributed by atoms with Gasteiger partial charge in [-0.05, 0) is 49.6 Å². The first-order valence-corrected chi connectivity index (χ1v) is 12.0. The third-order valence-corrected chi connectivity index (χ3v) is 7.46. The van der Waals surface area contributed by atoms with Crippen molar-refractivity contribution in [1.82, 2.24) is 9.62 Å². The van der Waals surface area contributed by atoms with Crippen molar-refractivity contribution in [3.63, 3.8) is 0 Å². The van der Waals surface area contributed by atoms with Crippen molar-refractivity contribution in [2.75, 3.05) is 34.4 Å². The maximum Gasteiger partial charge on any atom is 0.330 e. The number of methoxy groups -OCH3 is 3. The lowest BCUT2D eigenvalue weighted by molar-refractivity contribution is -0.134. The summed E-state index contributed by atoms with van der Waals surface area (Å²) in [5, 5.41) is 2.90. The van der Waals surface area contributed by atoms with E-state index in [2.05, 4.69) is 10.1 Å². The summed E-state index contributed by atoms with van der Waals surface area (Å²) < 4.78 is 48.9. The summed E-state index contributed by atoms with van der Waals surface area (Å²) in [6.45, 7) is 2.19. The topological polar surface area (TPSA) is 124 Å². The first kappa shape index (κ1) is 25.3. The Hall–Kier alpha value is -3.31. The fraction of sp³-hybridized carbons (Fsp3) is 0.391. The summed E-state index contributed by atoms with van der Waals surface area (Å²) in [6.07, 6.45) is 4.95. The first-order valence-electron chi connectivity index (χ1n) is 10.6. The number of sulfonamides is 1. The third-order valence-electron chi connectivity index (χ3n) is 5.56.